The minimum atomic E-state index is -4.64. The number of piperidine rings is 1. The van der Waals surface area contributed by atoms with Crippen LogP contribution in [0.25, 0.3) is 0 Å². The summed E-state index contributed by atoms with van der Waals surface area (Å²) < 4.78 is 64.5. The lowest BCUT2D eigenvalue weighted by Gasteiger charge is -2.31. The quantitative estimate of drug-likeness (QED) is 0.766. The number of carbonyl (C=O) groups excluding carboxylic acids is 1. The maximum absolute atomic E-state index is 12.7. The van der Waals surface area contributed by atoms with E-state index in [1.807, 2.05) is 0 Å². The summed E-state index contributed by atoms with van der Waals surface area (Å²) >= 11 is 0. The Morgan fingerprint density at radius 2 is 1.92 bits per heavy atom. The molecule has 26 heavy (non-hydrogen) atoms. The number of nitrogens with zero attached hydrogens (tertiary/aromatic N) is 1. The maximum atomic E-state index is 12.7. The van der Waals surface area contributed by atoms with Gasteiger partial charge in [-0.2, -0.15) is 13.2 Å². The number of alkyl halides is 3. The van der Waals surface area contributed by atoms with Crippen LogP contribution < -0.4 is 10.0 Å². The van der Waals surface area contributed by atoms with E-state index in [2.05, 4.69) is 10.0 Å². The molecule has 0 bridgehead atoms. The van der Waals surface area contributed by atoms with Gasteiger partial charge in [0.15, 0.2) is 0 Å². The molecule has 0 aliphatic carbocycles. The largest absolute Gasteiger partial charge is 0.416 e. The average molecular weight is 416 g/mol. The second-order valence-electron chi connectivity index (χ2n) is 5.84. The molecular formula is C15H21ClF3N3O3S. The van der Waals surface area contributed by atoms with Crippen LogP contribution in [0.1, 0.15) is 18.4 Å². The van der Waals surface area contributed by atoms with E-state index in [4.69, 9.17) is 0 Å². The van der Waals surface area contributed by atoms with E-state index >= 15 is 0 Å². The predicted octanol–water partition coefficient (Wildman–Crippen LogP) is 1.62. The number of sulfonamides is 1. The molecule has 0 saturated carbocycles. The molecule has 11 heteroatoms. The Bertz CT molecular complexity index is 722. The molecule has 1 aromatic carbocycles. The molecule has 6 nitrogen and oxygen atoms in total. The van der Waals surface area contributed by atoms with Gasteiger partial charge in [0.25, 0.3) is 0 Å². The molecule has 148 valence electrons. The topological polar surface area (TPSA) is 78.5 Å². The zero-order valence-corrected chi connectivity index (χ0v) is 15.7. The van der Waals surface area contributed by atoms with E-state index in [1.54, 1.807) is 7.05 Å². The van der Waals surface area contributed by atoms with Gasteiger partial charge in [-0.1, -0.05) is 6.07 Å². The summed E-state index contributed by atoms with van der Waals surface area (Å²) in [6.45, 7) is 1.05. The lowest BCUT2D eigenvalue weighted by molar-refractivity contribution is -0.137. The summed E-state index contributed by atoms with van der Waals surface area (Å²) in [5.74, 6) is -0.428. The maximum Gasteiger partial charge on any atom is 0.416 e. The lowest BCUT2D eigenvalue weighted by Crippen LogP contribution is -2.47. The van der Waals surface area contributed by atoms with Crippen LogP contribution >= 0.6 is 12.4 Å². The van der Waals surface area contributed by atoms with E-state index in [0.717, 1.165) is 44.1 Å². The number of halogens is 4. The number of hydrogen-bond acceptors (Lipinski definition) is 4. The first kappa shape index (κ1) is 22.7. The third-order valence-electron chi connectivity index (χ3n) is 4.13. The van der Waals surface area contributed by atoms with Gasteiger partial charge in [0.1, 0.15) is 0 Å². The summed E-state index contributed by atoms with van der Waals surface area (Å²) in [7, 11) is -2.62. The second-order valence-corrected chi connectivity index (χ2v) is 7.60. The van der Waals surface area contributed by atoms with Crippen molar-refractivity contribution in [1.82, 2.24) is 14.9 Å². The number of benzene rings is 1. The van der Waals surface area contributed by atoms with E-state index in [9.17, 15) is 26.4 Å². The standard InChI is InChI=1S/C15H20F3N3O3S.ClH/c1-21(12-5-7-19-8-6-12)14(22)10-20-25(23,24)13-4-2-3-11(9-13)15(16,17)18;/h2-4,9,12,19-20H,5-8,10H2,1H3;1H. The van der Waals surface area contributed by atoms with Crippen molar-refractivity contribution < 1.29 is 26.4 Å². The molecule has 1 aromatic rings. The molecule has 2 rings (SSSR count). The molecule has 2 N–H and O–H groups in total. The summed E-state index contributed by atoms with van der Waals surface area (Å²) in [5, 5.41) is 3.16. The molecule has 0 spiro atoms. The van der Waals surface area contributed by atoms with Gasteiger partial charge in [0.2, 0.25) is 15.9 Å². The number of rotatable bonds is 5. The number of likely N-dealkylation sites (N-methyl/N-ethyl adjacent to an activating group) is 1. The molecule has 1 aliphatic rings. The Morgan fingerprint density at radius 3 is 2.50 bits per heavy atom. The molecule has 0 atom stereocenters. The zero-order valence-electron chi connectivity index (χ0n) is 14.0. The highest BCUT2D eigenvalue weighted by atomic mass is 35.5. The van der Waals surface area contributed by atoms with Crippen LogP contribution in [0.5, 0.6) is 0 Å². The van der Waals surface area contributed by atoms with Crippen molar-refractivity contribution in [2.24, 2.45) is 0 Å². The first-order valence-corrected chi connectivity index (χ1v) is 9.23. The minimum Gasteiger partial charge on any atom is -0.342 e. The van der Waals surface area contributed by atoms with Gasteiger partial charge < -0.3 is 10.2 Å². The normalized spacial score (nSPS) is 16.0. The first-order chi connectivity index (χ1) is 11.6. The van der Waals surface area contributed by atoms with Crippen LogP contribution in [0.3, 0.4) is 0 Å². The van der Waals surface area contributed by atoms with E-state index in [0.29, 0.717) is 6.07 Å². The van der Waals surface area contributed by atoms with Crippen LogP contribution in [-0.4, -0.2) is 51.9 Å². The number of hydrogen-bond donors (Lipinski definition) is 2. The molecule has 0 aromatic heterocycles. The van der Waals surface area contributed by atoms with Crippen molar-refractivity contribution in [3.63, 3.8) is 0 Å². The van der Waals surface area contributed by atoms with Gasteiger partial charge in [-0.25, -0.2) is 13.1 Å². The van der Waals surface area contributed by atoms with Crippen LogP contribution in [0, 0.1) is 0 Å². The van der Waals surface area contributed by atoms with Gasteiger partial charge in [0.05, 0.1) is 17.0 Å². The van der Waals surface area contributed by atoms with E-state index in [1.165, 1.54) is 4.90 Å². The Kier molecular flexibility index (Phi) is 7.87. The summed E-state index contributed by atoms with van der Waals surface area (Å²) in [6.07, 6.45) is -3.11. The SMILES string of the molecule is CN(C(=O)CNS(=O)(=O)c1cccc(C(F)(F)F)c1)C1CCNCC1.Cl. The van der Waals surface area contributed by atoms with Crippen molar-refractivity contribution >= 4 is 28.3 Å². The number of carbonyl (C=O) groups is 1. The molecule has 0 radical (unpaired) electrons. The highest BCUT2D eigenvalue weighted by molar-refractivity contribution is 7.89. The smallest absolute Gasteiger partial charge is 0.342 e. The average Bonchev–Trinajstić information content (AvgIpc) is 2.59. The summed E-state index contributed by atoms with van der Waals surface area (Å²) in [5.41, 5.74) is -1.06. The monoisotopic (exact) mass is 415 g/mol. The van der Waals surface area contributed by atoms with Crippen molar-refractivity contribution in [3.05, 3.63) is 29.8 Å². The molecule has 1 aliphatic heterocycles. The highest BCUT2D eigenvalue weighted by Gasteiger charge is 2.32. The van der Waals surface area contributed by atoms with Crippen molar-refractivity contribution in [2.75, 3.05) is 26.7 Å². The lowest BCUT2D eigenvalue weighted by atomic mass is 10.1. The van der Waals surface area contributed by atoms with Crippen LogP contribution in [-0.2, 0) is 21.0 Å². The van der Waals surface area contributed by atoms with Gasteiger partial charge >= 0.3 is 6.18 Å². The molecule has 1 fully saturated rings. The summed E-state index contributed by atoms with van der Waals surface area (Å²) in [4.78, 5) is 13.1. The predicted molar refractivity (Wildman–Crippen MR) is 92.5 cm³/mol. The van der Waals surface area contributed by atoms with Gasteiger partial charge in [-0.3, -0.25) is 4.79 Å². The fourth-order valence-electron chi connectivity index (χ4n) is 2.60. The van der Waals surface area contributed by atoms with Crippen LogP contribution in [0.2, 0.25) is 0 Å². The number of nitrogens with one attached hydrogen (secondary N) is 2. The van der Waals surface area contributed by atoms with Crippen LogP contribution in [0.4, 0.5) is 13.2 Å². The minimum absolute atomic E-state index is 0. The van der Waals surface area contributed by atoms with Crippen molar-refractivity contribution in [3.8, 4) is 0 Å². The third kappa shape index (κ3) is 5.83. The van der Waals surface area contributed by atoms with Crippen molar-refractivity contribution in [1.29, 1.82) is 0 Å². The Balaban J connectivity index is 0.00000338. The Morgan fingerprint density at radius 1 is 1.31 bits per heavy atom. The fourth-order valence-corrected chi connectivity index (χ4v) is 3.62. The number of amides is 1. The molecule has 0 unspecified atom stereocenters. The van der Waals surface area contributed by atoms with E-state index in [-0.39, 0.29) is 18.4 Å². The highest BCUT2D eigenvalue weighted by Crippen LogP contribution is 2.30. The van der Waals surface area contributed by atoms with Crippen LogP contribution in [0.15, 0.2) is 29.2 Å². The summed E-state index contributed by atoms with van der Waals surface area (Å²) in [6, 6.07) is 3.42. The second kappa shape index (κ2) is 9.03. The van der Waals surface area contributed by atoms with Gasteiger partial charge in [-0.05, 0) is 44.1 Å². The third-order valence-corrected chi connectivity index (χ3v) is 5.53. The zero-order chi connectivity index (χ0) is 18.7. The Hall–Kier alpha value is -1.36. The molecular weight excluding hydrogens is 395 g/mol. The fraction of sp³-hybridized carbons (Fsp3) is 0.533. The van der Waals surface area contributed by atoms with Crippen molar-refractivity contribution in [2.45, 2.75) is 30.0 Å². The van der Waals surface area contributed by atoms with Gasteiger partial charge in [0, 0.05) is 13.1 Å². The van der Waals surface area contributed by atoms with E-state index < -0.39 is 39.1 Å². The van der Waals surface area contributed by atoms with Gasteiger partial charge in [-0.15, -0.1) is 12.4 Å². The molecule has 1 heterocycles. The Labute approximate surface area is 156 Å². The first-order valence-electron chi connectivity index (χ1n) is 7.74. The molecule has 1 amide bonds. The molecule has 1 saturated heterocycles.